The smallest absolute Gasteiger partial charge is 0.220 e. The Morgan fingerprint density at radius 1 is 0.784 bits per heavy atom. The van der Waals surface area contributed by atoms with Gasteiger partial charge in [-0.15, -0.1) is 10.3 Å². The maximum absolute atomic E-state index is 13.1. The fourth-order valence-electron chi connectivity index (χ4n) is 6.02. The number of piperidine rings is 1. The molecule has 4 rings (SSSR count). The highest BCUT2D eigenvalue weighted by Crippen LogP contribution is 2.55. The largest absolute Gasteiger partial charge is 1.00 e. The number of hydroxylamine groups is 2. The van der Waals surface area contributed by atoms with Gasteiger partial charge in [-0.1, -0.05) is 54.6 Å². The first-order chi connectivity index (χ1) is 17.1. The van der Waals surface area contributed by atoms with Crippen molar-refractivity contribution >= 4 is 29.1 Å². The number of halogens is 1. The molecule has 1 fully saturated rings. The third kappa shape index (κ3) is 6.52. The van der Waals surface area contributed by atoms with Crippen LogP contribution in [0.15, 0.2) is 91.0 Å². The molecule has 1 saturated heterocycles. The van der Waals surface area contributed by atoms with Gasteiger partial charge in [0.05, 0.1) is 6.16 Å². The van der Waals surface area contributed by atoms with Gasteiger partial charge >= 0.3 is 0 Å². The highest BCUT2D eigenvalue weighted by molar-refractivity contribution is 7.95. The SMILES string of the molecule is CC1(C)CC(NC(=O)CCC[P+](c2ccccc2)(c2ccccc2)c2ccccc2)CC(C)(C)N1[O].[Br-]. The Bertz CT molecular complexity index is 1020. The molecule has 0 bridgehead atoms. The minimum atomic E-state index is -1.93. The molecule has 0 aliphatic carbocycles. The fourth-order valence-corrected chi connectivity index (χ4v) is 10.4. The van der Waals surface area contributed by atoms with Gasteiger partial charge in [0.2, 0.25) is 5.91 Å². The molecule has 37 heavy (non-hydrogen) atoms. The number of benzene rings is 3. The van der Waals surface area contributed by atoms with Gasteiger partial charge in [0.15, 0.2) is 0 Å². The predicted molar refractivity (Wildman–Crippen MR) is 151 cm³/mol. The molecule has 1 amide bonds. The van der Waals surface area contributed by atoms with Crippen LogP contribution in [0.4, 0.5) is 0 Å². The first-order valence-electron chi connectivity index (χ1n) is 13.0. The van der Waals surface area contributed by atoms with Gasteiger partial charge in [-0.05, 0) is 83.4 Å². The van der Waals surface area contributed by atoms with Gasteiger partial charge in [-0.25, -0.2) is 0 Å². The average Bonchev–Trinajstić information content (AvgIpc) is 2.86. The molecule has 0 saturated carbocycles. The Kier molecular flexibility index (Phi) is 9.74. The van der Waals surface area contributed by atoms with Crippen LogP contribution in [-0.4, -0.2) is 34.3 Å². The zero-order chi connectivity index (χ0) is 25.8. The van der Waals surface area contributed by atoms with Crippen molar-refractivity contribution in [1.29, 1.82) is 0 Å². The number of rotatable bonds is 8. The summed E-state index contributed by atoms with van der Waals surface area (Å²) in [5.74, 6) is 0.0817. The van der Waals surface area contributed by atoms with Crippen LogP contribution in [0.3, 0.4) is 0 Å². The Labute approximate surface area is 233 Å². The van der Waals surface area contributed by atoms with Crippen molar-refractivity contribution in [2.24, 2.45) is 0 Å². The average molecular weight is 583 g/mol. The lowest BCUT2D eigenvalue weighted by molar-refractivity contribution is -0.290. The maximum atomic E-state index is 13.1. The molecular weight excluding hydrogens is 543 g/mol. The Balaban J connectivity index is 0.00000380. The zero-order valence-corrected chi connectivity index (χ0v) is 24.8. The second-order valence-corrected chi connectivity index (χ2v) is 14.9. The first kappa shape index (κ1) is 29.5. The number of carbonyl (C=O) groups excluding carboxylic acids is 1. The van der Waals surface area contributed by atoms with E-state index in [1.54, 1.807) is 0 Å². The predicted octanol–water partition coefficient (Wildman–Crippen LogP) is 2.25. The van der Waals surface area contributed by atoms with Crippen molar-refractivity contribution in [1.82, 2.24) is 10.4 Å². The van der Waals surface area contributed by atoms with Crippen LogP contribution in [0.1, 0.15) is 53.4 Å². The number of hydrogen-bond donors (Lipinski definition) is 1. The van der Waals surface area contributed by atoms with Gasteiger partial charge in [0.25, 0.3) is 0 Å². The number of amides is 1. The monoisotopic (exact) mass is 581 g/mol. The van der Waals surface area contributed by atoms with E-state index in [0.717, 1.165) is 12.6 Å². The van der Waals surface area contributed by atoms with Gasteiger partial charge in [-0.2, -0.15) is 0 Å². The second-order valence-electron chi connectivity index (χ2n) is 11.2. The van der Waals surface area contributed by atoms with E-state index < -0.39 is 18.3 Å². The molecule has 1 heterocycles. The molecule has 0 spiro atoms. The van der Waals surface area contributed by atoms with Gasteiger partial charge in [-0.3, -0.25) is 4.79 Å². The molecular formula is C31H39BrN2O2P. The van der Waals surface area contributed by atoms with Crippen molar-refractivity contribution in [3.63, 3.8) is 0 Å². The van der Waals surface area contributed by atoms with Crippen molar-refractivity contribution in [3.8, 4) is 0 Å². The van der Waals surface area contributed by atoms with Crippen LogP contribution in [0.25, 0.3) is 0 Å². The van der Waals surface area contributed by atoms with Crippen LogP contribution < -0.4 is 38.2 Å². The number of nitrogens with zero attached hydrogens (tertiary/aromatic N) is 1. The molecule has 0 atom stereocenters. The normalized spacial score (nSPS) is 17.5. The molecule has 1 aliphatic rings. The van der Waals surface area contributed by atoms with E-state index in [0.29, 0.717) is 19.3 Å². The summed E-state index contributed by atoms with van der Waals surface area (Å²) in [6, 6.07) is 32.4. The zero-order valence-electron chi connectivity index (χ0n) is 22.4. The van der Waals surface area contributed by atoms with Crippen molar-refractivity contribution in [3.05, 3.63) is 91.0 Å². The summed E-state index contributed by atoms with van der Waals surface area (Å²) in [7, 11) is -1.93. The second kappa shape index (κ2) is 12.2. The summed E-state index contributed by atoms with van der Waals surface area (Å²) in [6.07, 6.45) is 3.54. The molecule has 197 valence electrons. The molecule has 6 heteroatoms. The third-order valence-electron chi connectivity index (χ3n) is 7.44. The maximum Gasteiger partial charge on any atom is 0.220 e. The first-order valence-corrected chi connectivity index (χ1v) is 14.9. The summed E-state index contributed by atoms with van der Waals surface area (Å²) in [4.78, 5) is 13.1. The lowest BCUT2D eigenvalue weighted by Crippen LogP contribution is -3.00. The lowest BCUT2D eigenvalue weighted by atomic mass is 9.79. The van der Waals surface area contributed by atoms with Crippen molar-refractivity contribution < 1.29 is 27.0 Å². The highest BCUT2D eigenvalue weighted by atomic mass is 79.9. The number of hydrogen-bond acceptors (Lipinski definition) is 2. The van der Waals surface area contributed by atoms with Crippen LogP contribution >= 0.6 is 7.26 Å². The highest BCUT2D eigenvalue weighted by Gasteiger charge is 2.47. The van der Waals surface area contributed by atoms with E-state index in [4.69, 9.17) is 0 Å². The molecule has 3 aromatic rings. The van der Waals surface area contributed by atoms with Crippen LogP contribution in [-0.2, 0) is 10.0 Å². The summed E-state index contributed by atoms with van der Waals surface area (Å²) >= 11 is 0. The van der Waals surface area contributed by atoms with E-state index in [1.807, 2.05) is 27.7 Å². The Morgan fingerprint density at radius 3 is 1.54 bits per heavy atom. The molecule has 3 aromatic carbocycles. The number of carbonyl (C=O) groups is 1. The van der Waals surface area contributed by atoms with Crippen molar-refractivity contribution in [2.75, 3.05) is 6.16 Å². The fraction of sp³-hybridized carbons (Fsp3) is 0.387. The quantitative estimate of drug-likeness (QED) is 0.415. The van der Waals surface area contributed by atoms with Crippen LogP contribution in [0.2, 0.25) is 0 Å². The van der Waals surface area contributed by atoms with Crippen molar-refractivity contribution in [2.45, 2.75) is 70.5 Å². The van der Waals surface area contributed by atoms with E-state index in [9.17, 15) is 10.0 Å². The van der Waals surface area contributed by atoms with Crippen LogP contribution in [0.5, 0.6) is 0 Å². The summed E-state index contributed by atoms with van der Waals surface area (Å²) < 4.78 is 0. The standard InChI is InChI=1S/C31H38N2O2P.BrH/c1-30(2)23-25(24-31(3,4)33(30)35)32-29(34)21-14-22-36(26-15-8-5-9-16-26,27-17-10-6-11-18-27)28-19-12-7-13-20-28;/h5-13,15-20,25H,14,21-24H2,1-4H3;1H. The minimum absolute atomic E-state index is 0. The Hall–Kier alpha value is -2.04. The molecule has 0 unspecified atom stereocenters. The van der Waals surface area contributed by atoms with Gasteiger partial charge in [0, 0.05) is 23.5 Å². The van der Waals surface area contributed by atoms with Crippen LogP contribution in [0, 0.1) is 0 Å². The van der Waals surface area contributed by atoms with E-state index in [1.165, 1.54) is 21.0 Å². The summed E-state index contributed by atoms with van der Waals surface area (Å²) in [5.41, 5.74) is -0.984. The summed E-state index contributed by atoms with van der Waals surface area (Å²) in [5, 5.41) is 21.2. The topological polar surface area (TPSA) is 52.2 Å². The molecule has 1 N–H and O–H groups in total. The third-order valence-corrected chi connectivity index (χ3v) is 12.0. The van der Waals surface area contributed by atoms with E-state index >= 15 is 0 Å². The lowest BCUT2D eigenvalue weighted by Gasteiger charge is -2.50. The van der Waals surface area contributed by atoms with E-state index in [-0.39, 0.29) is 28.9 Å². The molecule has 0 aromatic heterocycles. The molecule has 1 aliphatic heterocycles. The Morgan fingerprint density at radius 2 is 1.16 bits per heavy atom. The van der Waals surface area contributed by atoms with Gasteiger partial charge < -0.3 is 22.3 Å². The van der Waals surface area contributed by atoms with Gasteiger partial charge in [0.1, 0.15) is 23.2 Å². The summed E-state index contributed by atoms with van der Waals surface area (Å²) in [6.45, 7) is 7.88. The molecule has 1 radical (unpaired) electrons. The number of nitrogens with one attached hydrogen (secondary N) is 1. The minimum Gasteiger partial charge on any atom is -1.00 e. The van der Waals surface area contributed by atoms with E-state index in [2.05, 4.69) is 96.3 Å². The molecule has 4 nitrogen and oxygen atoms in total.